The molecule has 0 saturated heterocycles. The summed E-state index contributed by atoms with van der Waals surface area (Å²) in [4.78, 5) is 21.2. The highest BCUT2D eigenvalue weighted by Gasteiger charge is 2.16. The number of fused-ring (bicyclic) bond motifs is 1. The standard InChI is InChI=1S/C12H15N3OS2/c1-3-5-13-10(16)8(2)18-12-9-4-6-17-11(9)14-7-15-12/h4,6-8H,3,5H2,1-2H3,(H,13,16)/t8-/m0/s1. The van der Waals surface area contributed by atoms with Crippen LogP contribution in [0.4, 0.5) is 0 Å². The predicted molar refractivity (Wildman–Crippen MR) is 76.0 cm³/mol. The highest BCUT2D eigenvalue weighted by atomic mass is 32.2. The number of thioether (sulfide) groups is 1. The lowest BCUT2D eigenvalue weighted by Gasteiger charge is -2.11. The van der Waals surface area contributed by atoms with Crippen LogP contribution in [0.3, 0.4) is 0 Å². The molecule has 0 aromatic carbocycles. The zero-order valence-corrected chi connectivity index (χ0v) is 12.0. The van der Waals surface area contributed by atoms with E-state index in [-0.39, 0.29) is 11.2 Å². The molecule has 2 aromatic heterocycles. The maximum absolute atomic E-state index is 11.8. The van der Waals surface area contributed by atoms with Gasteiger partial charge in [0.05, 0.1) is 5.25 Å². The number of carbonyl (C=O) groups excluding carboxylic acids is 1. The molecule has 1 atom stereocenters. The first-order valence-corrected chi connectivity index (χ1v) is 7.61. The molecule has 0 saturated carbocycles. The van der Waals surface area contributed by atoms with E-state index >= 15 is 0 Å². The third-order valence-corrected chi connectivity index (χ3v) is 4.37. The highest BCUT2D eigenvalue weighted by molar-refractivity contribution is 8.00. The van der Waals surface area contributed by atoms with Crippen LogP contribution in [-0.4, -0.2) is 27.7 Å². The van der Waals surface area contributed by atoms with Crippen molar-refractivity contribution in [3.63, 3.8) is 0 Å². The number of thiophene rings is 1. The van der Waals surface area contributed by atoms with Crippen LogP contribution in [0.25, 0.3) is 10.2 Å². The Balaban J connectivity index is 2.09. The summed E-state index contributed by atoms with van der Waals surface area (Å²) in [5.74, 6) is 0.0591. The Labute approximate surface area is 114 Å². The lowest BCUT2D eigenvalue weighted by Crippen LogP contribution is -2.31. The lowest BCUT2D eigenvalue weighted by atomic mass is 10.4. The number of nitrogens with zero attached hydrogens (tertiary/aromatic N) is 2. The fourth-order valence-corrected chi connectivity index (χ4v) is 3.20. The van der Waals surface area contributed by atoms with Crippen LogP contribution in [0.15, 0.2) is 22.8 Å². The molecule has 0 aliphatic heterocycles. The second-order valence-corrected chi connectivity index (χ2v) is 6.09. The number of aromatic nitrogens is 2. The van der Waals surface area contributed by atoms with Crippen LogP contribution in [0.5, 0.6) is 0 Å². The van der Waals surface area contributed by atoms with E-state index in [0.717, 1.165) is 28.2 Å². The molecular weight excluding hydrogens is 266 g/mol. The molecule has 0 unspecified atom stereocenters. The Kier molecular flexibility index (Phi) is 4.54. The van der Waals surface area contributed by atoms with Crippen LogP contribution in [0.1, 0.15) is 20.3 Å². The topological polar surface area (TPSA) is 54.9 Å². The van der Waals surface area contributed by atoms with Gasteiger partial charge in [-0.1, -0.05) is 18.7 Å². The van der Waals surface area contributed by atoms with Crippen molar-refractivity contribution in [3.8, 4) is 0 Å². The summed E-state index contributed by atoms with van der Waals surface area (Å²) in [5.41, 5.74) is 0. The molecule has 4 nitrogen and oxygen atoms in total. The van der Waals surface area contributed by atoms with Gasteiger partial charge >= 0.3 is 0 Å². The second kappa shape index (κ2) is 6.15. The van der Waals surface area contributed by atoms with Gasteiger partial charge in [0.2, 0.25) is 5.91 Å². The molecule has 96 valence electrons. The van der Waals surface area contributed by atoms with Crippen LogP contribution < -0.4 is 5.32 Å². The van der Waals surface area contributed by atoms with Gasteiger partial charge < -0.3 is 5.32 Å². The molecule has 6 heteroatoms. The van der Waals surface area contributed by atoms with Crippen molar-refractivity contribution in [3.05, 3.63) is 17.8 Å². The van der Waals surface area contributed by atoms with Crippen molar-refractivity contribution in [1.29, 1.82) is 0 Å². The van der Waals surface area contributed by atoms with E-state index in [9.17, 15) is 4.79 Å². The Bertz CT molecular complexity index is 541. The van der Waals surface area contributed by atoms with Gasteiger partial charge in [-0.05, 0) is 24.8 Å². The smallest absolute Gasteiger partial charge is 0.233 e. The first-order chi connectivity index (χ1) is 8.72. The van der Waals surface area contributed by atoms with Crippen molar-refractivity contribution in [2.45, 2.75) is 30.5 Å². The van der Waals surface area contributed by atoms with Crippen molar-refractivity contribution < 1.29 is 4.79 Å². The summed E-state index contributed by atoms with van der Waals surface area (Å²) < 4.78 is 0. The maximum atomic E-state index is 11.8. The van der Waals surface area contributed by atoms with Crippen LogP contribution in [-0.2, 0) is 4.79 Å². The Morgan fingerprint density at radius 3 is 3.17 bits per heavy atom. The molecule has 0 radical (unpaired) electrons. The van der Waals surface area contributed by atoms with Crippen LogP contribution in [0, 0.1) is 0 Å². The van der Waals surface area contributed by atoms with E-state index in [1.165, 1.54) is 11.8 Å². The van der Waals surface area contributed by atoms with Gasteiger partial charge in [0.25, 0.3) is 0 Å². The third kappa shape index (κ3) is 3.00. The summed E-state index contributed by atoms with van der Waals surface area (Å²) in [6.07, 6.45) is 2.50. The van der Waals surface area contributed by atoms with E-state index in [0.29, 0.717) is 0 Å². The van der Waals surface area contributed by atoms with Crippen LogP contribution in [0.2, 0.25) is 0 Å². The molecule has 1 amide bonds. The summed E-state index contributed by atoms with van der Waals surface area (Å²) >= 11 is 3.07. The first kappa shape index (κ1) is 13.3. The number of hydrogen-bond donors (Lipinski definition) is 1. The summed E-state index contributed by atoms with van der Waals surface area (Å²) in [7, 11) is 0. The summed E-state index contributed by atoms with van der Waals surface area (Å²) in [6, 6.07) is 2.00. The minimum Gasteiger partial charge on any atom is -0.355 e. The fourth-order valence-electron chi connectivity index (χ4n) is 1.47. The van der Waals surface area contributed by atoms with Gasteiger partial charge in [-0.2, -0.15) is 0 Å². The van der Waals surface area contributed by atoms with Gasteiger partial charge in [-0.3, -0.25) is 4.79 Å². The molecule has 2 aromatic rings. The second-order valence-electron chi connectivity index (χ2n) is 3.87. The Morgan fingerprint density at radius 2 is 2.39 bits per heavy atom. The van der Waals surface area contributed by atoms with Crippen molar-refractivity contribution >= 4 is 39.2 Å². The van der Waals surface area contributed by atoms with Crippen molar-refractivity contribution in [2.24, 2.45) is 0 Å². The number of rotatable bonds is 5. The van der Waals surface area contributed by atoms with Crippen LogP contribution >= 0.6 is 23.1 Å². The number of amides is 1. The fraction of sp³-hybridized carbons (Fsp3) is 0.417. The third-order valence-electron chi connectivity index (χ3n) is 2.43. The summed E-state index contributed by atoms with van der Waals surface area (Å²) in [5, 5.41) is 6.65. The molecule has 2 rings (SSSR count). The molecule has 18 heavy (non-hydrogen) atoms. The minimum absolute atomic E-state index is 0.0591. The molecule has 2 heterocycles. The number of carbonyl (C=O) groups is 1. The number of nitrogens with one attached hydrogen (secondary N) is 1. The van der Waals surface area contributed by atoms with Gasteiger partial charge in [-0.15, -0.1) is 11.3 Å². The van der Waals surface area contributed by atoms with E-state index in [1.807, 2.05) is 25.3 Å². The zero-order chi connectivity index (χ0) is 13.0. The molecule has 0 fully saturated rings. The van der Waals surface area contributed by atoms with E-state index in [2.05, 4.69) is 15.3 Å². The summed E-state index contributed by atoms with van der Waals surface area (Å²) in [6.45, 7) is 4.66. The molecule has 1 N–H and O–H groups in total. The lowest BCUT2D eigenvalue weighted by molar-refractivity contribution is -0.120. The van der Waals surface area contributed by atoms with Crippen molar-refractivity contribution in [1.82, 2.24) is 15.3 Å². The first-order valence-electron chi connectivity index (χ1n) is 5.85. The zero-order valence-electron chi connectivity index (χ0n) is 10.3. The van der Waals surface area contributed by atoms with E-state index < -0.39 is 0 Å². The molecular formula is C12H15N3OS2. The monoisotopic (exact) mass is 281 g/mol. The minimum atomic E-state index is -0.144. The molecule has 0 aliphatic rings. The van der Waals surface area contributed by atoms with Crippen molar-refractivity contribution in [2.75, 3.05) is 6.54 Å². The average molecular weight is 281 g/mol. The quantitative estimate of drug-likeness (QED) is 0.676. The Hall–Kier alpha value is -1.14. The molecule has 0 aliphatic carbocycles. The number of hydrogen-bond acceptors (Lipinski definition) is 5. The normalized spacial score (nSPS) is 12.6. The SMILES string of the molecule is CCCNC(=O)[C@H](C)Sc1ncnc2sccc12. The van der Waals surface area contributed by atoms with Gasteiger partial charge in [0.1, 0.15) is 16.2 Å². The average Bonchev–Trinajstić information content (AvgIpc) is 2.85. The molecule has 0 spiro atoms. The Morgan fingerprint density at radius 1 is 1.56 bits per heavy atom. The largest absolute Gasteiger partial charge is 0.355 e. The molecule has 0 bridgehead atoms. The van der Waals surface area contributed by atoms with Gasteiger partial charge in [0, 0.05) is 11.9 Å². The predicted octanol–water partition coefficient (Wildman–Crippen LogP) is 2.70. The van der Waals surface area contributed by atoms with E-state index in [4.69, 9.17) is 0 Å². The van der Waals surface area contributed by atoms with Gasteiger partial charge in [-0.25, -0.2) is 9.97 Å². The van der Waals surface area contributed by atoms with Gasteiger partial charge in [0.15, 0.2) is 0 Å². The maximum Gasteiger partial charge on any atom is 0.233 e. The highest BCUT2D eigenvalue weighted by Crippen LogP contribution is 2.30. The van der Waals surface area contributed by atoms with E-state index in [1.54, 1.807) is 17.7 Å².